The Kier molecular flexibility index (Phi) is 4.84. The van der Waals surface area contributed by atoms with Crippen molar-refractivity contribution in [3.63, 3.8) is 0 Å². The largest absolute Gasteiger partial charge is 0.504 e. The minimum atomic E-state index is -0.834. The van der Waals surface area contributed by atoms with E-state index in [9.17, 15) is 9.90 Å². The van der Waals surface area contributed by atoms with Crippen LogP contribution in [-0.2, 0) is 11.3 Å². The number of nitrogens with zero attached hydrogens (tertiary/aromatic N) is 1. The van der Waals surface area contributed by atoms with Crippen LogP contribution in [0.3, 0.4) is 0 Å². The van der Waals surface area contributed by atoms with Crippen molar-refractivity contribution < 1.29 is 19.7 Å². The van der Waals surface area contributed by atoms with E-state index in [1.54, 1.807) is 6.07 Å². The van der Waals surface area contributed by atoms with Gasteiger partial charge in [-0.2, -0.15) is 0 Å². The molecule has 0 aliphatic heterocycles. The van der Waals surface area contributed by atoms with Gasteiger partial charge in [-0.1, -0.05) is 25.0 Å². The van der Waals surface area contributed by atoms with Gasteiger partial charge in [0.2, 0.25) is 0 Å². The number of phenols is 1. The van der Waals surface area contributed by atoms with Crippen molar-refractivity contribution in [2.75, 3.05) is 13.7 Å². The number of carboxylic acids is 1. The highest BCUT2D eigenvalue weighted by Gasteiger charge is 2.25. The van der Waals surface area contributed by atoms with Crippen LogP contribution in [0.25, 0.3) is 0 Å². The second-order valence-electron chi connectivity index (χ2n) is 5.21. The van der Waals surface area contributed by atoms with Gasteiger partial charge in [0.15, 0.2) is 11.5 Å². The molecule has 0 unspecified atom stereocenters. The molecule has 1 fully saturated rings. The second-order valence-corrected chi connectivity index (χ2v) is 5.21. The van der Waals surface area contributed by atoms with Crippen molar-refractivity contribution in [2.45, 2.75) is 38.3 Å². The monoisotopic (exact) mass is 279 g/mol. The quantitative estimate of drug-likeness (QED) is 0.835. The van der Waals surface area contributed by atoms with Gasteiger partial charge in [0, 0.05) is 18.2 Å². The first kappa shape index (κ1) is 14.7. The number of rotatable bonds is 6. The fraction of sp³-hybridized carbons (Fsp3) is 0.533. The molecule has 0 amide bonds. The Morgan fingerprint density at radius 3 is 2.70 bits per heavy atom. The van der Waals surface area contributed by atoms with Crippen LogP contribution in [0, 0.1) is 0 Å². The van der Waals surface area contributed by atoms with E-state index < -0.39 is 5.97 Å². The minimum absolute atomic E-state index is 0.00131. The molecule has 0 aromatic heterocycles. The summed E-state index contributed by atoms with van der Waals surface area (Å²) in [7, 11) is 1.50. The summed E-state index contributed by atoms with van der Waals surface area (Å²) in [4.78, 5) is 13.0. The normalized spacial score (nSPS) is 15.7. The predicted octanol–water partition coefficient (Wildman–Crippen LogP) is 2.23. The van der Waals surface area contributed by atoms with Crippen LogP contribution in [0.4, 0.5) is 0 Å². The van der Waals surface area contributed by atoms with Crippen LogP contribution in [0.5, 0.6) is 11.5 Å². The van der Waals surface area contributed by atoms with Crippen LogP contribution >= 0.6 is 0 Å². The fourth-order valence-electron chi connectivity index (χ4n) is 2.84. The first-order chi connectivity index (χ1) is 9.61. The molecule has 5 heteroatoms. The average molecular weight is 279 g/mol. The lowest BCUT2D eigenvalue weighted by Gasteiger charge is -2.27. The Labute approximate surface area is 118 Å². The number of carbonyl (C=O) groups is 1. The summed E-state index contributed by atoms with van der Waals surface area (Å²) in [5, 5.41) is 19.2. The van der Waals surface area contributed by atoms with Crippen molar-refractivity contribution in [3.05, 3.63) is 23.8 Å². The Hall–Kier alpha value is -1.75. The summed E-state index contributed by atoms with van der Waals surface area (Å²) in [6.45, 7) is 0.432. The zero-order chi connectivity index (χ0) is 14.5. The van der Waals surface area contributed by atoms with Crippen LogP contribution < -0.4 is 4.74 Å². The first-order valence-electron chi connectivity index (χ1n) is 6.92. The lowest BCUT2D eigenvalue weighted by atomic mass is 10.1. The SMILES string of the molecule is COc1cccc(CN(CC(=O)O)C2CCCC2)c1O. The van der Waals surface area contributed by atoms with Gasteiger partial charge >= 0.3 is 5.97 Å². The third-order valence-electron chi connectivity index (χ3n) is 3.86. The summed E-state index contributed by atoms with van der Waals surface area (Å²) in [6.07, 6.45) is 4.34. The smallest absolute Gasteiger partial charge is 0.317 e. The molecular formula is C15H21NO4. The highest BCUT2D eigenvalue weighted by Crippen LogP contribution is 2.32. The molecule has 1 aromatic carbocycles. The third-order valence-corrected chi connectivity index (χ3v) is 3.86. The number of carboxylic acid groups (broad SMARTS) is 1. The predicted molar refractivity (Wildman–Crippen MR) is 75.0 cm³/mol. The van der Waals surface area contributed by atoms with Gasteiger partial charge in [-0.25, -0.2) is 0 Å². The second kappa shape index (κ2) is 6.61. The molecule has 1 aromatic rings. The number of benzene rings is 1. The third kappa shape index (κ3) is 3.42. The first-order valence-corrected chi connectivity index (χ1v) is 6.92. The number of ether oxygens (including phenoxy) is 1. The van der Waals surface area contributed by atoms with Crippen LogP contribution in [0.2, 0.25) is 0 Å². The number of para-hydroxylation sites is 1. The molecule has 0 radical (unpaired) electrons. The van der Waals surface area contributed by atoms with Gasteiger partial charge in [-0.3, -0.25) is 9.69 Å². The minimum Gasteiger partial charge on any atom is -0.504 e. The molecule has 1 aliphatic rings. The van der Waals surface area contributed by atoms with E-state index in [1.165, 1.54) is 7.11 Å². The molecule has 0 saturated heterocycles. The van der Waals surface area contributed by atoms with Gasteiger partial charge in [-0.05, 0) is 18.9 Å². The maximum absolute atomic E-state index is 11.0. The van der Waals surface area contributed by atoms with Gasteiger partial charge in [0.05, 0.1) is 13.7 Å². The zero-order valence-electron chi connectivity index (χ0n) is 11.7. The number of aliphatic carboxylic acids is 1. The van der Waals surface area contributed by atoms with Crippen LogP contribution in [-0.4, -0.2) is 40.8 Å². The lowest BCUT2D eigenvalue weighted by Crippen LogP contribution is -2.37. The van der Waals surface area contributed by atoms with Gasteiger partial charge in [-0.15, -0.1) is 0 Å². The maximum Gasteiger partial charge on any atom is 0.317 e. The van der Waals surface area contributed by atoms with E-state index in [0.717, 1.165) is 25.7 Å². The molecule has 2 rings (SSSR count). The molecule has 0 spiro atoms. The molecule has 2 N–H and O–H groups in total. The Morgan fingerprint density at radius 1 is 1.40 bits per heavy atom. The summed E-state index contributed by atoms with van der Waals surface area (Å²) in [5.41, 5.74) is 0.706. The van der Waals surface area contributed by atoms with E-state index in [1.807, 2.05) is 17.0 Å². The van der Waals surface area contributed by atoms with E-state index in [4.69, 9.17) is 9.84 Å². The highest BCUT2D eigenvalue weighted by atomic mass is 16.5. The van der Waals surface area contributed by atoms with Crippen molar-refractivity contribution in [2.24, 2.45) is 0 Å². The number of hydrogen-bond acceptors (Lipinski definition) is 4. The molecule has 20 heavy (non-hydrogen) atoms. The number of methoxy groups -OCH3 is 1. The fourth-order valence-corrected chi connectivity index (χ4v) is 2.84. The van der Waals surface area contributed by atoms with Gasteiger partial charge in [0.25, 0.3) is 0 Å². The molecule has 0 bridgehead atoms. The van der Waals surface area contributed by atoms with Crippen molar-refractivity contribution in [1.29, 1.82) is 0 Å². The summed E-state index contributed by atoms with van der Waals surface area (Å²) in [5.74, 6) is -0.313. The number of hydrogen-bond donors (Lipinski definition) is 2. The molecule has 5 nitrogen and oxygen atoms in total. The Balaban J connectivity index is 2.16. The molecule has 1 aliphatic carbocycles. The molecule has 110 valence electrons. The highest BCUT2D eigenvalue weighted by molar-refractivity contribution is 5.69. The molecule has 0 heterocycles. The van der Waals surface area contributed by atoms with Crippen molar-refractivity contribution in [1.82, 2.24) is 4.90 Å². The lowest BCUT2D eigenvalue weighted by molar-refractivity contribution is -0.139. The Bertz CT molecular complexity index is 469. The Morgan fingerprint density at radius 2 is 2.10 bits per heavy atom. The van der Waals surface area contributed by atoms with Gasteiger partial charge < -0.3 is 14.9 Å². The van der Waals surface area contributed by atoms with Crippen LogP contribution in [0.1, 0.15) is 31.2 Å². The van der Waals surface area contributed by atoms with Crippen molar-refractivity contribution >= 4 is 5.97 Å². The molecule has 0 atom stereocenters. The maximum atomic E-state index is 11.0. The zero-order valence-corrected chi connectivity index (χ0v) is 11.7. The van der Waals surface area contributed by atoms with E-state index in [-0.39, 0.29) is 18.3 Å². The summed E-state index contributed by atoms with van der Waals surface area (Å²) in [6, 6.07) is 5.59. The van der Waals surface area contributed by atoms with Gasteiger partial charge in [0.1, 0.15) is 0 Å². The van der Waals surface area contributed by atoms with Crippen molar-refractivity contribution in [3.8, 4) is 11.5 Å². The summed E-state index contributed by atoms with van der Waals surface area (Å²) >= 11 is 0. The van der Waals surface area contributed by atoms with E-state index in [0.29, 0.717) is 17.9 Å². The van der Waals surface area contributed by atoms with E-state index in [2.05, 4.69) is 0 Å². The standard InChI is InChI=1S/C15H21NO4/c1-20-13-8-4-5-11(15(13)19)9-16(10-14(17)18)12-6-2-3-7-12/h4-5,8,12,19H,2-3,6-7,9-10H2,1H3,(H,17,18). The molecular weight excluding hydrogens is 258 g/mol. The molecule has 1 saturated carbocycles. The van der Waals surface area contributed by atoms with E-state index >= 15 is 0 Å². The average Bonchev–Trinajstić information content (AvgIpc) is 2.93. The summed E-state index contributed by atoms with van der Waals surface area (Å²) < 4.78 is 5.09. The van der Waals surface area contributed by atoms with Crippen LogP contribution in [0.15, 0.2) is 18.2 Å². The number of phenolic OH excluding ortho intramolecular Hbond substituents is 1. The topological polar surface area (TPSA) is 70.0 Å². The number of aromatic hydroxyl groups is 1.